The summed E-state index contributed by atoms with van der Waals surface area (Å²) < 4.78 is 1.02. The van der Waals surface area contributed by atoms with Gasteiger partial charge in [-0.15, -0.1) is 22.7 Å². The number of halogens is 1. The van der Waals surface area contributed by atoms with Crippen LogP contribution in [0.25, 0.3) is 10.6 Å². The third-order valence-electron chi connectivity index (χ3n) is 2.39. The van der Waals surface area contributed by atoms with E-state index in [-0.39, 0.29) is 0 Å². The molecule has 2 heterocycles. The highest BCUT2D eigenvalue weighted by Gasteiger charge is 2.32. The summed E-state index contributed by atoms with van der Waals surface area (Å²) in [6.07, 6.45) is 0. The monoisotopic (exact) mass is 331 g/mol. The van der Waals surface area contributed by atoms with E-state index < -0.39 is 11.4 Å². The van der Waals surface area contributed by atoms with E-state index in [4.69, 9.17) is 5.11 Å². The van der Waals surface area contributed by atoms with Gasteiger partial charge in [0.15, 0.2) is 0 Å². The lowest BCUT2D eigenvalue weighted by Crippen LogP contribution is -2.28. The highest BCUT2D eigenvalue weighted by molar-refractivity contribution is 9.10. The van der Waals surface area contributed by atoms with E-state index in [2.05, 4.69) is 20.9 Å². The van der Waals surface area contributed by atoms with Crippen molar-refractivity contribution in [2.75, 3.05) is 0 Å². The maximum absolute atomic E-state index is 11.1. The molecule has 90 valence electrons. The van der Waals surface area contributed by atoms with Crippen molar-refractivity contribution in [3.63, 3.8) is 0 Å². The molecule has 0 aliphatic heterocycles. The van der Waals surface area contributed by atoms with Gasteiger partial charge in [-0.2, -0.15) is 0 Å². The van der Waals surface area contributed by atoms with Gasteiger partial charge in [0.1, 0.15) is 10.4 Å². The van der Waals surface area contributed by atoms with Crippen LogP contribution in [0, 0.1) is 0 Å². The maximum Gasteiger partial charge on any atom is 0.316 e. The first-order chi connectivity index (χ1) is 7.91. The number of aromatic nitrogens is 1. The Balaban J connectivity index is 2.37. The number of hydrogen-bond donors (Lipinski definition) is 1. The molecule has 0 atom stereocenters. The molecule has 0 fully saturated rings. The summed E-state index contributed by atoms with van der Waals surface area (Å²) in [4.78, 5) is 16.6. The van der Waals surface area contributed by atoms with Crippen molar-refractivity contribution in [1.82, 2.24) is 4.98 Å². The zero-order chi connectivity index (χ0) is 12.6. The maximum atomic E-state index is 11.1. The minimum atomic E-state index is -0.933. The van der Waals surface area contributed by atoms with Gasteiger partial charge in [-0.1, -0.05) is 0 Å². The SMILES string of the molecule is CC(C)(C(=O)O)c1nc(-c2cc(Br)cs2)cs1. The topological polar surface area (TPSA) is 50.2 Å². The number of aliphatic carboxylic acids is 1. The van der Waals surface area contributed by atoms with Crippen LogP contribution in [0.4, 0.5) is 0 Å². The zero-order valence-electron chi connectivity index (χ0n) is 9.23. The fraction of sp³-hybridized carbons (Fsp3) is 0.273. The molecule has 2 aromatic rings. The largest absolute Gasteiger partial charge is 0.481 e. The summed E-state index contributed by atoms with van der Waals surface area (Å²) in [5, 5.41) is 13.7. The summed E-state index contributed by atoms with van der Waals surface area (Å²) >= 11 is 6.36. The standard InChI is InChI=1S/C11H10BrNO2S2/c1-11(2,10(14)15)9-13-7(5-17-9)8-3-6(12)4-16-8/h3-5H,1-2H3,(H,14,15). The number of carboxylic acid groups (broad SMARTS) is 1. The normalized spacial score (nSPS) is 11.7. The number of rotatable bonds is 3. The van der Waals surface area contributed by atoms with Crippen molar-refractivity contribution in [2.45, 2.75) is 19.3 Å². The molecule has 0 aliphatic rings. The number of thiophene rings is 1. The van der Waals surface area contributed by atoms with E-state index in [1.807, 2.05) is 16.8 Å². The third kappa shape index (κ3) is 2.43. The van der Waals surface area contributed by atoms with Gasteiger partial charge >= 0.3 is 5.97 Å². The quantitative estimate of drug-likeness (QED) is 0.924. The smallest absolute Gasteiger partial charge is 0.316 e. The molecular weight excluding hydrogens is 322 g/mol. The van der Waals surface area contributed by atoms with Crippen LogP contribution < -0.4 is 0 Å². The molecule has 1 N–H and O–H groups in total. The van der Waals surface area contributed by atoms with Crippen molar-refractivity contribution >= 4 is 44.6 Å². The Kier molecular flexibility index (Phi) is 3.38. The van der Waals surface area contributed by atoms with Crippen LogP contribution in [0.5, 0.6) is 0 Å². The molecule has 0 saturated carbocycles. The molecule has 0 spiro atoms. The van der Waals surface area contributed by atoms with Crippen molar-refractivity contribution < 1.29 is 9.90 Å². The van der Waals surface area contributed by atoms with Gasteiger partial charge in [-0.05, 0) is 35.8 Å². The second kappa shape index (κ2) is 4.51. The number of carbonyl (C=O) groups is 1. The van der Waals surface area contributed by atoms with Crippen LogP contribution >= 0.6 is 38.6 Å². The number of thiazole rings is 1. The predicted molar refractivity (Wildman–Crippen MR) is 73.8 cm³/mol. The highest BCUT2D eigenvalue weighted by Crippen LogP contribution is 2.34. The van der Waals surface area contributed by atoms with Crippen LogP contribution in [0.1, 0.15) is 18.9 Å². The predicted octanol–water partition coefficient (Wildman–Crippen LogP) is 4.00. The first kappa shape index (κ1) is 12.7. The van der Waals surface area contributed by atoms with Gasteiger partial charge in [0.25, 0.3) is 0 Å². The van der Waals surface area contributed by atoms with Gasteiger partial charge in [0.2, 0.25) is 0 Å². The molecule has 17 heavy (non-hydrogen) atoms. The van der Waals surface area contributed by atoms with Crippen LogP contribution in [0.3, 0.4) is 0 Å². The third-order valence-corrected chi connectivity index (χ3v) is 5.27. The van der Waals surface area contributed by atoms with E-state index in [0.717, 1.165) is 15.0 Å². The Bertz CT molecular complexity index is 559. The van der Waals surface area contributed by atoms with Crippen molar-refractivity contribution in [3.05, 3.63) is 26.3 Å². The van der Waals surface area contributed by atoms with Gasteiger partial charge in [-0.3, -0.25) is 4.79 Å². The summed E-state index contributed by atoms with van der Waals surface area (Å²) in [5.74, 6) is -0.856. The fourth-order valence-corrected chi connectivity index (χ4v) is 3.61. The van der Waals surface area contributed by atoms with Crippen LogP contribution in [0.15, 0.2) is 21.3 Å². The molecule has 0 amide bonds. The lowest BCUT2D eigenvalue weighted by atomic mass is 9.95. The highest BCUT2D eigenvalue weighted by atomic mass is 79.9. The Labute approximate surface area is 115 Å². The van der Waals surface area contributed by atoms with Crippen molar-refractivity contribution in [3.8, 4) is 10.6 Å². The molecule has 2 rings (SSSR count). The Morgan fingerprint density at radius 1 is 1.41 bits per heavy atom. The second-order valence-electron chi connectivity index (χ2n) is 4.10. The lowest BCUT2D eigenvalue weighted by molar-refractivity contribution is -0.142. The lowest BCUT2D eigenvalue weighted by Gasteiger charge is -2.14. The molecule has 6 heteroatoms. The number of carboxylic acids is 1. The molecular formula is C11H10BrNO2S2. The minimum Gasteiger partial charge on any atom is -0.481 e. The van der Waals surface area contributed by atoms with Crippen LogP contribution in [-0.2, 0) is 10.2 Å². The molecule has 2 aromatic heterocycles. The Morgan fingerprint density at radius 3 is 2.65 bits per heavy atom. The van der Waals surface area contributed by atoms with E-state index in [0.29, 0.717) is 5.01 Å². The summed E-state index contributed by atoms with van der Waals surface area (Å²) in [7, 11) is 0. The molecule has 0 bridgehead atoms. The fourth-order valence-electron chi connectivity index (χ4n) is 1.21. The minimum absolute atomic E-state index is 0.629. The zero-order valence-corrected chi connectivity index (χ0v) is 12.4. The van der Waals surface area contributed by atoms with Crippen molar-refractivity contribution in [2.24, 2.45) is 0 Å². The molecule has 0 aliphatic carbocycles. The van der Waals surface area contributed by atoms with Gasteiger partial charge < -0.3 is 5.11 Å². The second-order valence-corrected chi connectivity index (χ2v) is 6.78. The molecule has 3 nitrogen and oxygen atoms in total. The Morgan fingerprint density at radius 2 is 2.12 bits per heavy atom. The van der Waals surface area contributed by atoms with Crippen LogP contribution in [-0.4, -0.2) is 16.1 Å². The summed E-state index contributed by atoms with van der Waals surface area (Å²) in [6.45, 7) is 3.34. The Hall–Kier alpha value is -0.720. The average Bonchev–Trinajstić information content (AvgIpc) is 2.85. The van der Waals surface area contributed by atoms with Gasteiger partial charge in [-0.25, -0.2) is 4.98 Å². The van der Waals surface area contributed by atoms with Gasteiger partial charge in [0.05, 0.1) is 10.6 Å². The first-order valence-corrected chi connectivity index (χ1v) is 7.40. The average molecular weight is 332 g/mol. The molecule has 0 saturated heterocycles. The van der Waals surface area contributed by atoms with Crippen LogP contribution in [0.2, 0.25) is 0 Å². The number of hydrogen-bond acceptors (Lipinski definition) is 4. The molecule has 0 unspecified atom stereocenters. The summed E-state index contributed by atoms with van der Waals surface area (Å²) in [6, 6.07) is 1.98. The molecule has 0 radical (unpaired) electrons. The molecule has 0 aromatic carbocycles. The number of nitrogens with zero attached hydrogens (tertiary/aromatic N) is 1. The van der Waals surface area contributed by atoms with E-state index in [1.54, 1.807) is 25.2 Å². The summed E-state index contributed by atoms with van der Waals surface area (Å²) in [5.41, 5.74) is -0.0905. The van der Waals surface area contributed by atoms with E-state index in [1.165, 1.54) is 11.3 Å². The first-order valence-electron chi connectivity index (χ1n) is 4.85. The van der Waals surface area contributed by atoms with E-state index >= 15 is 0 Å². The van der Waals surface area contributed by atoms with E-state index in [9.17, 15) is 4.79 Å². The van der Waals surface area contributed by atoms with Crippen molar-refractivity contribution in [1.29, 1.82) is 0 Å². The van der Waals surface area contributed by atoms with Gasteiger partial charge in [0, 0.05) is 15.2 Å².